The Bertz CT molecular complexity index is 286. The van der Waals surface area contributed by atoms with Crippen LogP contribution in [0.3, 0.4) is 0 Å². The zero-order valence-electron chi connectivity index (χ0n) is 8.59. The highest BCUT2D eigenvalue weighted by Crippen LogP contribution is 2.34. The Hall–Kier alpha value is 0.170. The fourth-order valence-corrected chi connectivity index (χ4v) is 3.25. The van der Waals surface area contributed by atoms with Gasteiger partial charge in [-0.3, -0.25) is 4.90 Å². The van der Waals surface area contributed by atoms with Crippen molar-refractivity contribution in [1.29, 1.82) is 0 Å². The van der Waals surface area contributed by atoms with Gasteiger partial charge < -0.3 is 4.74 Å². The van der Waals surface area contributed by atoms with E-state index < -0.39 is 0 Å². The van der Waals surface area contributed by atoms with Crippen LogP contribution in [0, 0.1) is 0 Å². The average Bonchev–Trinajstić information content (AvgIpc) is 2.18. The van der Waals surface area contributed by atoms with Crippen LogP contribution in [0.25, 0.3) is 0 Å². The van der Waals surface area contributed by atoms with Crippen molar-refractivity contribution in [3.05, 3.63) is 23.3 Å². The third-order valence-corrected chi connectivity index (χ3v) is 3.78. The molecule has 1 aliphatic heterocycles. The summed E-state index contributed by atoms with van der Waals surface area (Å²) in [5.41, 5.74) is 0. The van der Waals surface area contributed by atoms with E-state index in [0.717, 1.165) is 44.3 Å². The highest BCUT2D eigenvalue weighted by Gasteiger charge is 2.29. The van der Waals surface area contributed by atoms with E-state index in [1.54, 1.807) is 0 Å². The van der Waals surface area contributed by atoms with Crippen LogP contribution < -0.4 is 0 Å². The number of hydrogen-bond donors (Lipinski definition) is 0. The smallest absolute Gasteiger partial charge is 0.0615 e. The van der Waals surface area contributed by atoms with Crippen LogP contribution in [0.15, 0.2) is 23.3 Å². The highest BCUT2D eigenvalue weighted by atomic mass is 79.9. The first-order valence-corrected chi connectivity index (χ1v) is 6.38. The van der Waals surface area contributed by atoms with Crippen LogP contribution in [0.2, 0.25) is 0 Å². The van der Waals surface area contributed by atoms with Gasteiger partial charge in [-0.05, 0) is 6.08 Å². The molecule has 1 fully saturated rings. The molecule has 0 aromatic heterocycles. The molecular formula is C11H15BrClNO. The Morgan fingerprint density at radius 1 is 1.47 bits per heavy atom. The number of morpholine rings is 1. The summed E-state index contributed by atoms with van der Waals surface area (Å²) in [5, 5.41) is 0.919. The number of rotatable bonds is 2. The first-order chi connectivity index (χ1) is 7.18. The molecule has 1 atom stereocenters. The van der Waals surface area contributed by atoms with Gasteiger partial charge in [0.25, 0.3) is 0 Å². The first-order valence-electron chi connectivity index (χ1n) is 5.21. The van der Waals surface area contributed by atoms with Crippen LogP contribution in [0.1, 0.15) is 6.42 Å². The molecule has 0 N–H and O–H groups in total. The molecule has 1 heterocycles. The maximum absolute atomic E-state index is 6.06. The average molecular weight is 293 g/mol. The predicted octanol–water partition coefficient (Wildman–Crippen LogP) is 2.53. The van der Waals surface area contributed by atoms with Gasteiger partial charge in [0, 0.05) is 31.1 Å². The standard InChI is InChI=1S/C11H15BrClNO/c12-11(3-1-2-10(13)8-11)9-14-4-6-15-7-5-14/h1-3H,4-9H2. The van der Waals surface area contributed by atoms with Crippen molar-refractivity contribution in [2.45, 2.75) is 10.7 Å². The molecule has 1 aliphatic carbocycles. The molecule has 0 aromatic carbocycles. The predicted molar refractivity (Wildman–Crippen MR) is 66.6 cm³/mol. The third kappa shape index (κ3) is 3.31. The summed E-state index contributed by atoms with van der Waals surface area (Å²) in [7, 11) is 0. The normalized spacial score (nSPS) is 32.8. The number of ether oxygens (including phenoxy) is 1. The lowest BCUT2D eigenvalue weighted by molar-refractivity contribution is 0.0357. The molecule has 2 rings (SSSR count). The Labute approximate surface area is 104 Å². The second kappa shape index (κ2) is 5.00. The monoisotopic (exact) mass is 291 g/mol. The molecule has 0 saturated carbocycles. The van der Waals surface area contributed by atoms with Gasteiger partial charge in [0.05, 0.1) is 17.5 Å². The van der Waals surface area contributed by atoms with E-state index in [0.29, 0.717) is 0 Å². The summed E-state index contributed by atoms with van der Waals surface area (Å²) in [5.74, 6) is 0. The summed E-state index contributed by atoms with van der Waals surface area (Å²) < 4.78 is 5.34. The van der Waals surface area contributed by atoms with E-state index in [-0.39, 0.29) is 4.32 Å². The van der Waals surface area contributed by atoms with Gasteiger partial charge in [0.2, 0.25) is 0 Å². The first kappa shape index (κ1) is 11.6. The van der Waals surface area contributed by atoms with E-state index >= 15 is 0 Å². The van der Waals surface area contributed by atoms with E-state index in [2.05, 4.69) is 26.9 Å². The highest BCUT2D eigenvalue weighted by molar-refractivity contribution is 9.10. The second-order valence-electron chi connectivity index (χ2n) is 4.07. The quantitative estimate of drug-likeness (QED) is 0.725. The van der Waals surface area contributed by atoms with Crippen molar-refractivity contribution in [3.63, 3.8) is 0 Å². The van der Waals surface area contributed by atoms with E-state index in [1.165, 1.54) is 0 Å². The summed E-state index contributed by atoms with van der Waals surface area (Å²) in [6, 6.07) is 0. The largest absolute Gasteiger partial charge is 0.379 e. The van der Waals surface area contributed by atoms with Gasteiger partial charge in [-0.1, -0.05) is 39.7 Å². The number of allylic oxidation sites excluding steroid dienone is 3. The zero-order valence-corrected chi connectivity index (χ0v) is 10.9. The fourth-order valence-electron chi connectivity index (χ4n) is 1.96. The van der Waals surface area contributed by atoms with Crippen molar-refractivity contribution < 1.29 is 4.74 Å². The van der Waals surface area contributed by atoms with Crippen molar-refractivity contribution in [2.75, 3.05) is 32.8 Å². The molecule has 0 spiro atoms. The van der Waals surface area contributed by atoms with Crippen LogP contribution in [0.4, 0.5) is 0 Å². The maximum Gasteiger partial charge on any atom is 0.0615 e. The molecule has 1 saturated heterocycles. The molecule has 15 heavy (non-hydrogen) atoms. The minimum absolute atomic E-state index is 0.0101. The minimum atomic E-state index is 0.0101. The van der Waals surface area contributed by atoms with Gasteiger partial charge in [-0.15, -0.1) is 0 Å². The maximum atomic E-state index is 6.06. The molecule has 2 nitrogen and oxygen atoms in total. The van der Waals surface area contributed by atoms with Crippen molar-refractivity contribution in [1.82, 2.24) is 4.90 Å². The number of alkyl halides is 1. The molecule has 84 valence electrons. The van der Waals surface area contributed by atoms with Crippen molar-refractivity contribution in [3.8, 4) is 0 Å². The molecule has 0 aromatic rings. The Morgan fingerprint density at radius 3 is 2.87 bits per heavy atom. The summed E-state index contributed by atoms with van der Waals surface area (Å²) in [6.07, 6.45) is 7.05. The van der Waals surface area contributed by atoms with E-state index in [1.807, 2.05) is 12.2 Å². The second-order valence-corrected chi connectivity index (χ2v) is 6.14. The summed E-state index contributed by atoms with van der Waals surface area (Å²) >= 11 is 9.83. The number of hydrogen-bond acceptors (Lipinski definition) is 2. The van der Waals surface area contributed by atoms with E-state index in [9.17, 15) is 0 Å². The lowest BCUT2D eigenvalue weighted by Crippen LogP contribution is -2.44. The van der Waals surface area contributed by atoms with Crippen LogP contribution in [-0.4, -0.2) is 42.1 Å². The fraction of sp³-hybridized carbons (Fsp3) is 0.636. The molecule has 0 bridgehead atoms. The van der Waals surface area contributed by atoms with E-state index in [4.69, 9.17) is 16.3 Å². The Morgan fingerprint density at radius 2 is 2.20 bits per heavy atom. The molecule has 0 radical (unpaired) electrons. The molecule has 4 heteroatoms. The van der Waals surface area contributed by atoms with Crippen LogP contribution in [0.5, 0.6) is 0 Å². The van der Waals surface area contributed by atoms with Gasteiger partial charge in [-0.2, -0.15) is 0 Å². The topological polar surface area (TPSA) is 12.5 Å². The molecule has 2 aliphatic rings. The zero-order chi connectivity index (χ0) is 10.7. The lowest BCUT2D eigenvalue weighted by atomic mass is 9.99. The Kier molecular flexibility index (Phi) is 3.88. The molecule has 0 amide bonds. The molecular weight excluding hydrogens is 277 g/mol. The van der Waals surface area contributed by atoms with Gasteiger partial charge in [0.15, 0.2) is 0 Å². The van der Waals surface area contributed by atoms with Crippen LogP contribution >= 0.6 is 27.5 Å². The SMILES string of the molecule is ClC1=CC=CC(Br)(CN2CCOCC2)C1. The minimum Gasteiger partial charge on any atom is -0.379 e. The van der Waals surface area contributed by atoms with Gasteiger partial charge in [0.1, 0.15) is 0 Å². The van der Waals surface area contributed by atoms with Gasteiger partial charge in [-0.25, -0.2) is 0 Å². The van der Waals surface area contributed by atoms with Crippen molar-refractivity contribution >= 4 is 27.5 Å². The lowest BCUT2D eigenvalue weighted by Gasteiger charge is -2.35. The number of nitrogens with zero attached hydrogens (tertiary/aromatic N) is 1. The van der Waals surface area contributed by atoms with Crippen LogP contribution in [-0.2, 0) is 4.74 Å². The van der Waals surface area contributed by atoms with Crippen molar-refractivity contribution in [2.24, 2.45) is 0 Å². The summed E-state index contributed by atoms with van der Waals surface area (Å²) in [4.78, 5) is 2.41. The Balaban J connectivity index is 1.92. The number of halogens is 2. The summed E-state index contributed by atoms with van der Waals surface area (Å²) in [6.45, 7) is 4.72. The van der Waals surface area contributed by atoms with Gasteiger partial charge >= 0.3 is 0 Å². The third-order valence-electron chi connectivity index (χ3n) is 2.72. The molecule has 1 unspecified atom stereocenters.